The van der Waals surface area contributed by atoms with Crippen LogP contribution in [-0.4, -0.2) is 33.8 Å². The lowest BCUT2D eigenvalue weighted by Crippen LogP contribution is -2.25. The zero-order valence-electron chi connectivity index (χ0n) is 19.2. The minimum atomic E-state index is -0.422. The second kappa shape index (κ2) is 9.11. The van der Waals surface area contributed by atoms with Gasteiger partial charge in [-0.1, -0.05) is 18.2 Å². The standard InChI is InChI=1S/C28H34N2O3/c31-28(27-26(21-3-4-21)12-9-23-17-29-18-30(23)27)22-5-1-19(2-6-22)20-7-10-24(11-8-20)33-25-13-15-32-16-14-25/h7-12,17-19,21-22,25,28,31H,1-6,13-16H2/t19-,22-,28-/m0/s1. The van der Waals surface area contributed by atoms with Crippen LogP contribution in [0.1, 0.15) is 86.1 Å². The molecule has 1 atom stereocenters. The van der Waals surface area contributed by atoms with Gasteiger partial charge in [0.2, 0.25) is 0 Å². The SMILES string of the molecule is O[C@H](c1c(C2CC2)ccc2cncn12)[C@H]1CC[C@H](c2ccc(OC3CCOCC3)cc2)CC1. The van der Waals surface area contributed by atoms with Gasteiger partial charge >= 0.3 is 0 Å². The molecule has 2 aliphatic carbocycles. The van der Waals surface area contributed by atoms with E-state index in [0.717, 1.165) is 68.7 Å². The van der Waals surface area contributed by atoms with E-state index in [-0.39, 0.29) is 6.10 Å². The Bertz CT molecular complexity index is 1070. The molecule has 1 saturated heterocycles. The number of ether oxygens (including phenoxy) is 2. The molecule has 0 bridgehead atoms. The molecule has 0 spiro atoms. The predicted molar refractivity (Wildman–Crippen MR) is 128 cm³/mol. The van der Waals surface area contributed by atoms with Crippen LogP contribution in [0.4, 0.5) is 0 Å². The van der Waals surface area contributed by atoms with Crippen molar-refractivity contribution in [2.45, 2.75) is 75.4 Å². The van der Waals surface area contributed by atoms with Crippen molar-refractivity contribution in [3.63, 3.8) is 0 Å². The van der Waals surface area contributed by atoms with E-state index >= 15 is 0 Å². The van der Waals surface area contributed by atoms with E-state index in [2.05, 4.69) is 45.8 Å². The summed E-state index contributed by atoms with van der Waals surface area (Å²) in [6.45, 7) is 1.60. The number of rotatable bonds is 6. The third-order valence-corrected chi connectivity index (χ3v) is 7.99. The summed E-state index contributed by atoms with van der Waals surface area (Å²) in [5.74, 6) is 2.45. The van der Waals surface area contributed by atoms with Gasteiger partial charge in [-0.3, -0.25) is 0 Å². The Labute approximate surface area is 195 Å². The van der Waals surface area contributed by atoms with E-state index in [4.69, 9.17) is 9.47 Å². The van der Waals surface area contributed by atoms with Gasteiger partial charge in [0.25, 0.3) is 0 Å². The fraction of sp³-hybridized carbons (Fsp3) is 0.536. The molecule has 0 unspecified atom stereocenters. The molecule has 3 aromatic rings. The molecule has 2 aromatic heterocycles. The topological polar surface area (TPSA) is 56.0 Å². The van der Waals surface area contributed by atoms with E-state index in [1.165, 1.54) is 24.0 Å². The minimum absolute atomic E-state index is 0.280. The average Bonchev–Trinajstić information content (AvgIpc) is 3.60. The van der Waals surface area contributed by atoms with E-state index in [9.17, 15) is 5.11 Å². The maximum atomic E-state index is 11.5. The smallest absolute Gasteiger partial charge is 0.119 e. The van der Waals surface area contributed by atoms with E-state index in [1.807, 2.05) is 12.5 Å². The van der Waals surface area contributed by atoms with Crippen LogP contribution in [0.2, 0.25) is 0 Å². The van der Waals surface area contributed by atoms with Crippen LogP contribution in [0, 0.1) is 5.92 Å². The monoisotopic (exact) mass is 446 g/mol. The van der Waals surface area contributed by atoms with Gasteiger partial charge in [-0.15, -0.1) is 0 Å². The normalized spacial score (nSPS) is 25.2. The summed E-state index contributed by atoms with van der Waals surface area (Å²) in [6.07, 6.45) is 12.4. The number of nitrogens with zero attached hydrogens (tertiary/aromatic N) is 2. The molecule has 3 aliphatic rings. The molecular formula is C28H34N2O3. The fourth-order valence-electron chi connectivity index (χ4n) is 5.88. The Morgan fingerprint density at radius 2 is 1.61 bits per heavy atom. The van der Waals surface area contributed by atoms with Crippen LogP contribution in [0.3, 0.4) is 0 Å². The zero-order valence-corrected chi connectivity index (χ0v) is 19.2. The molecule has 5 nitrogen and oxygen atoms in total. The summed E-state index contributed by atoms with van der Waals surface area (Å²) in [6, 6.07) is 13.1. The first kappa shape index (κ1) is 21.2. The van der Waals surface area contributed by atoms with Gasteiger partial charge in [0.05, 0.1) is 43.1 Å². The second-order valence-corrected chi connectivity index (χ2v) is 10.2. The molecule has 0 amide bonds. The van der Waals surface area contributed by atoms with E-state index < -0.39 is 6.10 Å². The van der Waals surface area contributed by atoms with Gasteiger partial charge in [0, 0.05) is 12.8 Å². The number of aliphatic hydroxyl groups excluding tert-OH is 1. The van der Waals surface area contributed by atoms with Crippen molar-refractivity contribution in [2.24, 2.45) is 5.92 Å². The Kier molecular flexibility index (Phi) is 5.85. The molecular weight excluding hydrogens is 412 g/mol. The van der Waals surface area contributed by atoms with Crippen molar-refractivity contribution in [3.05, 3.63) is 65.7 Å². The Balaban J connectivity index is 1.11. The summed E-state index contributed by atoms with van der Waals surface area (Å²) in [7, 11) is 0. The molecule has 1 N–H and O–H groups in total. The number of imidazole rings is 1. The molecule has 174 valence electrons. The van der Waals surface area contributed by atoms with Crippen LogP contribution in [0.15, 0.2) is 48.9 Å². The molecule has 1 aliphatic heterocycles. The maximum absolute atomic E-state index is 11.5. The number of fused-ring (bicyclic) bond motifs is 1. The molecule has 3 fully saturated rings. The maximum Gasteiger partial charge on any atom is 0.119 e. The van der Waals surface area contributed by atoms with Crippen molar-refractivity contribution in [2.75, 3.05) is 13.2 Å². The first-order chi connectivity index (χ1) is 16.3. The summed E-state index contributed by atoms with van der Waals surface area (Å²) in [4.78, 5) is 4.34. The van der Waals surface area contributed by atoms with Crippen LogP contribution >= 0.6 is 0 Å². The van der Waals surface area contributed by atoms with Crippen LogP contribution in [0.25, 0.3) is 5.52 Å². The summed E-state index contributed by atoms with van der Waals surface area (Å²) < 4.78 is 13.7. The van der Waals surface area contributed by atoms with Crippen molar-refractivity contribution < 1.29 is 14.6 Å². The number of benzene rings is 1. The third-order valence-electron chi connectivity index (χ3n) is 7.99. The van der Waals surface area contributed by atoms with Crippen LogP contribution in [0.5, 0.6) is 5.75 Å². The lowest BCUT2D eigenvalue weighted by atomic mass is 9.75. The Hall–Kier alpha value is -2.37. The van der Waals surface area contributed by atoms with Gasteiger partial charge in [-0.25, -0.2) is 4.98 Å². The highest BCUT2D eigenvalue weighted by Gasteiger charge is 2.34. The van der Waals surface area contributed by atoms with Crippen molar-refractivity contribution in [1.82, 2.24) is 9.38 Å². The molecule has 2 saturated carbocycles. The lowest BCUT2D eigenvalue weighted by molar-refractivity contribution is 0.0255. The van der Waals surface area contributed by atoms with Gasteiger partial charge in [0.15, 0.2) is 0 Å². The molecule has 3 heterocycles. The first-order valence-electron chi connectivity index (χ1n) is 12.7. The van der Waals surface area contributed by atoms with Crippen molar-refractivity contribution >= 4 is 5.52 Å². The summed E-state index contributed by atoms with van der Waals surface area (Å²) >= 11 is 0. The highest BCUT2D eigenvalue weighted by atomic mass is 16.5. The zero-order chi connectivity index (χ0) is 22.2. The number of hydrogen-bond donors (Lipinski definition) is 1. The number of pyridine rings is 1. The second-order valence-electron chi connectivity index (χ2n) is 10.2. The summed E-state index contributed by atoms with van der Waals surface area (Å²) in [5.41, 5.74) is 4.89. The Morgan fingerprint density at radius 3 is 2.33 bits per heavy atom. The van der Waals surface area contributed by atoms with Crippen LogP contribution < -0.4 is 4.74 Å². The molecule has 0 radical (unpaired) electrons. The largest absolute Gasteiger partial charge is 0.490 e. The lowest BCUT2D eigenvalue weighted by Gasteiger charge is -2.33. The fourth-order valence-corrected chi connectivity index (χ4v) is 5.88. The van der Waals surface area contributed by atoms with Crippen LogP contribution in [-0.2, 0) is 4.74 Å². The molecule has 6 rings (SSSR count). The van der Waals surface area contributed by atoms with Gasteiger partial charge in [-0.2, -0.15) is 0 Å². The van der Waals surface area contributed by atoms with Gasteiger partial charge in [0.1, 0.15) is 11.9 Å². The average molecular weight is 447 g/mol. The van der Waals surface area contributed by atoms with Gasteiger partial charge < -0.3 is 19.0 Å². The number of hydrogen-bond acceptors (Lipinski definition) is 4. The molecule has 33 heavy (non-hydrogen) atoms. The highest BCUT2D eigenvalue weighted by molar-refractivity contribution is 5.50. The molecule has 1 aromatic carbocycles. The third kappa shape index (κ3) is 4.41. The Morgan fingerprint density at radius 1 is 0.879 bits per heavy atom. The van der Waals surface area contributed by atoms with E-state index in [1.54, 1.807) is 0 Å². The number of aromatic nitrogens is 2. The molecule has 5 heteroatoms. The summed E-state index contributed by atoms with van der Waals surface area (Å²) in [5, 5.41) is 11.5. The minimum Gasteiger partial charge on any atom is -0.490 e. The number of aliphatic hydroxyl groups is 1. The van der Waals surface area contributed by atoms with Gasteiger partial charge in [-0.05, 0) is 85.6 Å². The quantitative estimate of drug-likeness (QED) is 0.522. The predicted octanol–water partition coefficient (Wildman–Crippen LogP) is 5.78. The van der Waals surface area contributed by atoms with Crippen molar-refractivity contribution in [1.29, 1.82) is 0 Å². The first-order valence-corrected chi connectivity index (χ1v) is 12.7. The van der Waals surface area contributed by atoms with Crippen molar-refractivity contribution in [3.8, 4) is 5.75 Å². The van der Waals surface area contributed by atoms with E-state index in [0.29, 0.717) is 17.8 Å². The highest BCUT2D eigenvalue weighted by Crippen LogP contribution is 2.47.